The summed E-state index contributed by atoms with van der Waals surface area (Å²) in [6.45, 7) is 3.29. The molecule has 2 N–H and O–H groups in total. The third kappa shape index (κ3) is 1.62. The molecule has 5 nitrogen and oxygen atoms in total. The Hall–Kier alpha value is -1.36. The summed E-state index contributed by atoms with van der Waals surface area (Å²) in [5, 5.41) is 0. The highest BCUT2D eigenvalue weighted by molar-refractivity contribution is 5.89. The molecule has 1 heterocycles. The molecule has 0 saturated heterocycles. The van der Waals surface area contributed by atoms with Crippen LogP contribution < -0.4 is 5.90 Å². The van der Waals surface area contributed by atoms with Gasteiger partial charge in [0.05, 0.1) is 12.7 Å². The summed E-state index contributed by atoms with van der Waals surface area (Å²) < 4.78 is 0. The molecule has 66 valence electrons. The van der Waals surface area contributed by atoms with Gasteiger partial charge in [0.25, 0.3) is 0 Å². The quantitative estimate of drug-likeness (QED) is 0.574. The van der Waals surface area contributed by atoms with Crippen molar-refractivity contribution in [2.24, 2.45) is 10.9 Å². The van der Waals surface area contributed by atoms with Crippen molar-refractivity contribution >= 4 is 12.2 Å². The van der Waals surface area contributed by atoms with Crippen LogP contribution in [0, 0.1) is 0 Å². The van der Waals surface area contributed by atoms with E-state index in [9.17, 15) is 4.79 Å². The SMILES string of the molecule is CCN1CC=NC=C1C(=O)ON. The second-order valence-corrected chi connectivity index (χ2v) is 2.29. The number of carbonyl (C=O) groups is 1. The van der Waals surface area contributed by atoms with Crippen molar-refractivity contribution in [3.63, 3.8) is 0 Å². The molecule has 12 heavy (non-hydrogen) atoms. The fraction of sp³-hybridized carbons (Fsp3) is 0.429. The number of rotatable bonds is 2. The zero-order valence-electron chi connectivity index (χ0n) is 6.86. The normalized spacial score (nSPS) is 15.8. The Morgan fingerprint density at radius 2 is 2.67 bits per heavy atom. The van der Waals surface area contributed by atoms with Crippen molar-refractivity contribution in [1.29, 1.82) is 0 Å². The largest absolute Gasteiger partial charge is 0.374 e. The first-order valence-corrected chi connectivity index (χ1v) is 3.67. The van der Waals surface area contributed by atoms with Crippen LogP contribution in [0.15, 0.2) is 16.9 Å². The van der Waals surface area contributed by atoms with Gasteiger partial charge in [0.1, 0.15) is 5.70 Å². The van der Waals surface area contributed by atoms with E-state index in [0.29, 0.717) is 12.2 Å². The minimum Gasteiger partial charge on any atom is -0.369 e. The number of nitrogens with zero attached hydrogens (tertiary/aromatic N) is 2. The molecule has 0 amide bonds. The average Bonchev–Trinajstić information content (AvgIpc) is 2.16. The highest BCUT2D eigenvalue weighted by Crippen LogP contribution is 2.07. The van der Waals surface area contributed by atoms with Gasteiger partial charge in [-0.05, 0) is 6.92 Å². The molecule has 1 rings (SSSR count). The third-order valence-corrected chi connectivity index (χ3v) is 1.64. The fourth-order valence-electron chi connectivity index (χ4n) is 0.991. The standard InChI is InChI=1S/C7H11N3O2/c1-2-10-4-3-9-5-6(10)7(11)12-8/h3,5H,2,4,8H2,1H3. The molecule has 5 heteroatoms. The summed E-state index contributed by atoms with van der Waals surface area (Å²) in [7, 11) is 0. The summed E-state index contributed by atoms with van der Waals surface area (Å²) in [4.78, 5) is 20.8. The van der Waals surface area contributed by atoms with Crippen molar-refractivity contribution in [3.8, 4) is 0 Å². The monoisotopic (exact) mass is 169 g/mol. The fourth-order valence-corrected chi connectivity index (χ4v) is 0.991. The number of hydrogen-bond donors (Lipinski definition) is 1. The molecule has 0 fully saturated rings. The van der Waals surface area contributed by atoms with Crippen LogP contribution in [-0.2, 0) is 9.63 Å². The van der Waals surface area contributed by atoms with Gasteiger partial charge in [0, 0.05) is 12.8 Å². The minimum absolute atomic E-state index is 0.405. The van der Waals surface area contributed by atoms with E-state index < -0.39 is 5.97 Å². The molecule has 1 aliphatic heterocycles. The van der Waals surface area contributed by atoms with Crippen LogP contribution in [0.1, 0.15) is 6.92 Å². The maximum atomic E-state index is 11.0. The van der Waals surface area contributed by atoms with Crippen molar-refractivity contribution < 1.29 is 9.63 Å². The number of carbonyl (C=O) groups excluding carboxylic acids is 1. The molecular weight excluding hydrogens is 158 g/mol. The van der Waals surface area contributed by atoms with E-state index in [1.807, 2.05) is 11.8 Å². The van der Waals surface area contributed by atoms with Crippen LogP contribution in [-0.4, -0.2) is 30.2 Å². The van der Waals surface area contributed by atoms with Crippen LogP contribution in [0.4, 0.5) is 0 Å². The van der Waals surface area contributed by atoms with Gasteiger partial charge in [0.15, 0.2) is 0 Å². The Morgan fingerprint density at radius 3 is 3.25 bits per heavy atom. The summed E-state index contributed by atoms with van der Waals surface area (Å²) >= 11 is 0. The Labute approximate surface area is 70.5 Å². The Kier molecular flexibility index (Phi) is 2.82. The van der Waals surface area contributed by atoms with E-state index >= 15 is 0 Å². The van der Waals surface area contributed by atoms with E-state index in [0.717, 1.165) is 6.54 Å². The van der Waals surface area contributed by atoms with E-state index in [2.05, 4.69) is 9.83 Å². The van der Waals surface area contributed by atoms with E-state index in [-0.39, 0.29) is 0 Å². The molecule has 0 atom stereocenters. The third-order valence-electron chi connectivity index (χ3n) is 1.64. The van der Waals surface area contributed by atoms with Crippen LogP contribution in [0.5, 0.6) is 0 Å². The van der Waals surface area contributed by atoms with Gasteiger partial charge in [-0.2, -0.15) is 5.90 Å². The first-order valence-electron chi connectivity index (χ1n) is 3.67. The molecule has 0 aromatic carbocycles. The summed E-state index contributed by atoms with van der Waals surface area (Å²) in [6.07, 6.45) is 3.17. The van der Waals surface area contributed by atoms with E-state index in [1.165, 1.54) is 6.20 Å². The number of likely N-dealkylation sites (N-methyl/N-ethyl adjacent to an activating group) is 1. The zero-order valence-corrected chi connectivity index (χ0v) is 6.86. The average molecular weight is 169 g/mol. The lowest BCUT2D eigenvalue weighted by Crippen LogP contribution is -2.32. The molecule has 0 aromatic rings. The molecule has 0 spiro atoms. The van der Waals surface area contributed by atoms with Gasteiger partial charge in [-0.3, -0.25) is 4.99 Å². The lowest BCUT2D eigenvalue weighted by Gasteiger charge is -2.23. The highest BCUT2D eigenvalue weighted by Gasteiger charge is 2.18. The maximum Gasteiger partial charge on any atom is 0.374 e. The highest BCUT2D eigenvalue weighted by atomic mass is 16.7. The van der Waals surface area contributed by atoms with Crippen LogP contribution >= 0.6 is 0 Å². The van der Waals surface area contributed by atoms with Gasteiger partial charge in [-0.15, -0.1) is 0 Å². The maximum absolute atomic E-state index is 11.0. The van der Waals surface area contributed by atoms with Crippen LogP contribution in [0.25, 0.3) is 0 Å². The minimum atomic E-state index is -0.547. The van der Waals surface area contributed by atoms with E-state index in [1.54, 1.807) is 6.21 Å². The predicted octanol–water partition coefficient (Wildman–Crippen LogP) is -0.349. The van der Waals surface area contributed by atoms with Gasteiger partial charge < -0.3 is 9.74 Å². The second-order valence-electron chi connectivity index (χ2n) is 2.29. The van der Waals surface area contributed by atoms with Crippen molar-refractivity contribution in [2.75, 3.05) is 13.1 Å². The van der Waals surface area contributed by atoms with E-state index in [4.69, 9.17) is 5.90 Å². The van der Waals surface area contributed by atoms with Crippen molar-refractivity contribution in [1.82, 2.24) is 4.90 Å². The Balaban J connectivity index is 2.76. The molecule has 0 bridgehead atoms. The van der Waals surface area contributed by atoms with Crippen LogP contribution in [0.2, 0.25) is 0 Å². The molecule has 0 radical (unpaired) electrons. The van der Waals surface area contributed by atoms with Crippen molar-refractivity contribution in [2.45, 2.75) is 6.92 Å². The van der Waals surface area contributed by atoms with Crippen LogP contribution in [0.3, 0.4) is 0 Å². The van der Waals surface area contributed by atoms with Crippen molar-refractivity contribution in [3.05, 3.63) is 11.9 Å². The lowest BCUT2D eigenvalue weighted by molar-refractivity contribution is -0.141. The number of aliphatic imine (C=N–C) groups is 1. The zero-order chi connectivity index (χ0) is 8.97. The number of nitrogens with two attached hydrogens (primary N) is 1. The Bertz CT molecular complexity index is 235. The molecular formula is C7H11N3O2. The van der Waals surface area contributed by atoms with Gasteiger partial charge >= 0.3 is 5.97 Å². The summed E-state index contributed by atoms with van der Waals surface area (Å²) in [5.41, 5.74) is 0.405. The smallest absolute Gasteiger partial charge is 0.369 e. The molecule has 0 aromatic heterocycles. The lowest BCUT2D eigenvalue weighted by atomic mass is 10.3. The van der Waals surface area contributed by atoms with Gasteiger partial charge in [0.2, 0.25) is 0 Å². The number of hydrogen-bond acceptors (Lipinski definition) is 5. The first kappa shape index (κ1) is 8.73. The molecule has 0 unspecified atom stereocenters. The van der Waals surface area contributed by atoms with Gasteiger partial charge in [-0.1, -0.05) is 0 Å². The molecule has 0 saturated carbocycles. The first-order chi connectivity index (χ1) is 5.79. The molecule has 0 aliphatic carbocycles. The van der Waals surface area contributed by atoms with Gasteiger partial charge in [-0.25, -0.2) is 4.79 Å². The second kappa shape index (κ2) is 3.87. The summed E-state index contributed by atoms with van der Waals surface area (Å²) in [5.74, 6) is 4.20. The Morgan fingerprint density at radius 1 is 1.92 bits per heavy atom. The molecule has 1 aliphatic rings. The topological polar surface area (TPSA) is 67.9 Å². The predicted molar refractivity (Wildman–Crippen MR) is 44.1 cm³/mol. The summed E-state index contributed by atoms with van der Waals surface area (Å²) in [6, 6.07) is 0.